The van der Waals surface area contributed by atoms with Gasteiger partial charge >= 0.3 is 0 Å². The van der Waals surface area contributed by atoms with Crippen LogP contribution in [0.4, 0.5) is 4.39 Å². The first-order chi connectivity index (χ1) is 15.5. The fourth-order valence-corrected chi connectivity index (χ4v) is 4.81. The van der Waals surface area contributed by atoms with E-state index in [9.17, 15) is 14.0 Å². The molecule has 32 heavy (non-hydrogen) atoms. The summed E-state index contributed by atoms with van der Waals surface area (Å²) in [4.78, 5) is 31.3. The summed E-state index contributed by atoms with van der Waals surface area (Å²) < 4.78 is 16.9. The van der Waals surface area contributed by atoms with Gasteiger partial charge in [0.1, 0.15) is 23.1 Å². The Morgan fingerprint density at radius 3 is 2.75 bits per heavy atom. The van der Waals surface area contributed by atoms with Crippen LogP contribution in [-0.4, -0.2) is 44.7 Å². The second-order valence-electron chi connectivity index (χ2n) is 8.49. The Bertz CT molecular complexity index is 1330. The van der Waals surface area contributed by atoms with Crippen molar-refractivity contribution in [3.63, 3.8) is 0 Å². The lowest BCUT2D eigenvalue weighted by Gasteiger charge is -2.34. The fourth-order valence-electron chi connectivity index (χ4n) is 4.81. The molecule has 2 aliphatic rings. The van der Waals surface area contributed by atoms with E-state index in [4.69, 9.17) is 5.26 Å². The molecule has 1 N–H and O–H groups in total. The smallest absolute Gasteiger partial charge is 0.270 e. The Kier molecular flexibility index (Phi) is 5.33. The van der Waals surface area contributed by atoms with Crippen molar-refractivity contribution in [1.29, 1.82) is 5.26 Å². The zero-order chi connectivity index (χ0) is 22.2. The molecule has 0 saturated carbocycles. The van der Waals surface area contributed by atoms with Gasteiger partial charge in [0.2, 0.25) is 0 Å². The highest BCUT2D eigenvalue weighted by molar-refractivity contribution is 5.71. The third-order valence-corrected chi connectivity index (χ3v) is 6.48. The highest BCUT2D eigenvalue weighted by Gasteiger charge is 2.29. The van der Waals surface area contributed by atoms with Crippen LogP contribution in [-0.2, 0) is 13.1 Å². The largest absolute Gasteiger partial charge is 0.310 e. The monoisotopic (exact) mass is 434 g/mol. The predicted octanol–water partition coefficient (Wildman–Crippen LogP) is 1.38. The maximum Gasteiger partial charge on any atom is 0.270 e. The van der Waals surface area contributed by atoms with E-state index in [2.05, 4.69) is 15.2 Å². The molecule has 2 aromatic heterocycles. The van der Waals surface area contributed by atoms with E-state index in [1.165, 1.54) is 18.3 Å². The zero-order valence-corrected chi connectivity index (χ0v) is 17.5. The average Bonchev–Trinajstić information content (AvgIpc) is 3.19. The molecule has 0 unspecified atom stereocenters. The Morgan fingerprint density at radius 1 is 1.16 bits per heavy atom. The van der Waals surface area contributed by atoms with E-state index < -0.39 is 5.82 Å². The van der Waals surface area contributed by atoms with E-state index >= 15 is 0 Å². The van der Waals surface area contributed by atoms with E-state index in [1.807, 2.05) is 6.07 Å². The van der Waals surface area contributed by atoms with Crippen LogP contribution in [0.1, 0.15) is 30.0 Å². The second-order valence-corrected chi connectivity index (χ2v) is 8.49. The summed E-state index contributed by atoms with van der Waals surface area (Å²) in [6, 6.07) is 9.92. The summed E-state index contributed by atoms with van der Waals surface area (Å²) in [6.07, 6.45) is 3.23. The highest BCUT2D eigenvalue weighted by Crippen LogP contribution is 2.24. The first-order valence-electron chi connectivity index (χ1n) is 10.8. The van der Waals surface area contributed by atoms with Crippen LogP contribution in [0, 0.1) is 17.1 Å². The standard InChI is InChI=1S/C23H23FN6O2/c24-19-2-1-15(9-16(19)10-25)11-26-17-5-7-28(8-6-17)13-18-14-29-21(31)4-3-20-23(29)30(18)22(32)12-27-20/h1-4,9,12,17-18,26H,5-8,11,13-14H2/t18-/m1/s1. The number of likely N-dealkylation sites (tertiary alicyclic amines) is 1. The zero-order valence-electron chi connectivity index (χ0n) is 17.5. The number of nitrogens with one attached hydrogen (secondary N) is 1. The van der Waals surface area contributed by atoms with Crippen molar-refractivity contribution in [1.82, 2.24) is 24.3 Å². The third kappa shape index (κ3) is 3.72. The van der Waals surface area contributed by atoms with Crippen molar-refractivity contribution >= 4 is 11.2 Å². The second kappa shape index (κ2) is 8.30. The maximum absolute atomic E-state index is 13.5. The molecule has 164 valence electrons. The Balaban J connectivity index is 1.20. The van der Waals surface area contributed by atoms with Gasteiger partial charge in [-0.3, -0.25) is 18.7 Å². The van der Waals surface area contributed by atoms with Crippen molar-refractivity contribution < 1.29 is 4.39 Å². The Labute approximate surface area is 183 Å². The third-order valence-electron chi connectivity index (χ3n) is 6.48. The number of pyridine rings is 1. The number of rotatable bonds is 5. The van der Waals surface area contributed by atoms with Crippen molar-refractivity contribution in [3.05, 3.63) is 74.2 Å². The number of nitriles is 1. The lowest BCUT2D eigenvalue weighted by Crippen LogP contribution is -2.44. The molecule has 9 heteroatoms. The number of piperidine rings is 1. The minimum Gasteiger partial charge on any atom is -0.310 e. The number of hydrogen-bond acceptors (Lipinski definition) is 6. The van der Waals surface area contributed by atoms with Gasteiger partial charge in [0.15, 0.2) is 0 Å². The van der Waals surface area contributed by atoms with E-state index in [1.54, 1.807) is 27.3 Å². The quantitative estimate of drug-likeness (QED) is 0.652. The van der Waals surface area contributed by atoms with Crippen LogP contribution in [0.25, 0.3) is 11.2 Å². The van der Waals surface area contributed by atoms with Crippen LogP contribution in [0.15, 0.2) is 46.1 Å². The van der Waals surface area contributed by atoms with Gasteiger partial charge in [-0.2, -0.15) is 5.26 Å². The van der Waals surface area contributed by atoms with Gasteiger partial charge in [-0.1, -0.05) is 6.07 Å². The van der Waals surface area contributed by atoms with Gasteiger partial charge in [0.25, 0.3) is 11.1 Å². The maximum atomic E-state index is 13.5. The molecule has 3 aromatic rings. The van der Waals surface area contributed by atoms with E-state index in [-0.39, 0.29) is 22.7 Å². The molecule has 0 spiro atoms. The van der Waals surface area contributed by atoms with Gasteiger partial charge in [-0.05, 0) is 49.7 Å². The molecule has 1 fully saturated rings. The number of hydrogen-bond donors (Lipinski definition) is 1. The van der Waals surface area contributed by atoms with Gasteiger partial charge in [0, 0.05) is 31.7 Å². The number of benzene rings is 1. The molecule has 8 nitrogen and oxygen atoms in total. The van der Waals surface area contributed by atoms with Crippen molar-refractivity contribution in [2.24, 2.45) is 0 Å². The number of halogens is 1. The molecule has 5 rings (SSSR count). The molecule has 2 aliphatic heterocycles. The minimum absolute atomic E-state index is 0.0660. The number of nitrogens with zero attached hydrogens (tertiary/aromatic N) is 5. The SMILES string of the molecule is N#Cc1cc(CNC2CCN(C[C@@H]3Cn4c(=O)ccc5ncc(=O)n3c54)CC2)ccc1F. The summed E-state index contributed by atoms with van der Waals surface area (Å²) >= 11 is 0. The predicted molar refractivity (Wildman–Crippen MR) is 117 cm³/mol. The van der Waals surface area contributed by atoms with Crippen molar-refractivity contribution in [2.75, 3.05) is 19.6 Å². The van der Waals surface area contributed by atoms with Crippen LogP contribution in [0.2, 0.25) is 0 Å². The first-order valence-corrected chi connectivity index (χ1v) is 10.8. The van der Waals surface area contributed by atoms with Gasteiger partial charge < -0.3 is 10.2 Å². The summed E-state index contributed by atoms with van der Waals surface area (Å²) in [6.45, 7) is 3.55. The first kappa shape index (κ1) is 20.5. The van der Waals surface area contributed by atoms with Crippen LogP contribution in [0.3, 0.4) is 0 Å². The molecule has 0 aliphatic carbocycles. The van der Waals surface area contributed by atoms with Crippen LogP contribution >= 0.6 is 0 Å². The molecule has 1 atom stereocenters. The number of aromatic nitrogens is 3. The highest BCUT2D eigenvalue weighted by atomic mass is 19.1. The molecule has 4 heterocycles. The summed E-state index contributed by atoms with van der Waals surface area (Å²) in [5.41, 5.74) is 1.95. The van der Waals surface area contributed by atoms with Gasteiger partial charge in [-0.15, -0.1) is 0 Å². The van der Waals surface area contributed by atoms with Crippen LogP contribution < -0.4 is 16.4 Å². The van der Waals surface area contributed by atoms with Crippen molar-refractivity contribution in [3.8, 4) is 6.07 Å². The lowest BCUT2D eigenvalue weighted by atomic mass is 10.0. The lowest BCUT2D eigenvalue weighted by molar-refractivity contribution is 0.171. The topological polar surface area (TPSA) is 96.0 Å². The molecule has 0 radical (unpaired) electrons. The Hall–Kier alpha value is -3.35. The molecule has 1 aromatic carbocycles. The van der Waals surface area contributed by atoms with E-state index in [0.29, 0.717) is 36.8 Å². The summed E-state index contributed by atoms with van der Waals surface area (Å²) in [5, 5.41) is 12.5. The molecule has 1 saturated heterocycles. The molecular formula is C23H23FN6O2. The molecule has 0 amide bonds. The van der Waals surface area contributed by atoms with Gasteiger partial charge in [-0.25, -0.2) is 9.37 Å². The van der Waals surface area contributed by atoms with Gasteiger partial charge in [0.05, 0.1) is 17.8 Å². The molecule has 0 bridgehead atoms. The summed E-state index contributed by atoms with van der Waals surface area (Å²) in [7, 11) is 0. The Morgan fingerprint density at radius 2 is 1.97 bits per heavy atom. The molecular weight excluding hydrogens is 411 g/mol. The van der Waals surface area contributed by atoms with Crippen molar-refractivity contribution in [2.45, 2.75) is 38.0 Å². The fraction of sp³-hybridized carbons (Fsp3) is 0.391. The minimum atomic E-state index is -0.494. The average molecular weight is 434 g/mol. The van der Waals surface area contributed by atoms with E-state index in [0.717, 1.165) is 31.5 Å². The summed E-state index contributed by atoms with van der Waals surface area (Å²) in [5.74, 6) is -0.494. The van der Waals surface area contributed by atoms with Crippen LogP contribution in [0.5, 0.6) is 0 Å². The normalized spacial score (nSPS) is 18.8.